The van der Waals surface area contributed by atoms with Crippen molar-refractivity contribution in [1.29, 1.82) is 0 Å². The molecule has 1 amide bonds. The Kier molecular flexibility index (Phi) is 5.63. The highest BCUT2D eigenvalue weighted by Crippen LogP contribution is 2.28. The van der Waals surface area contributed by atoms with Gasteiger partial charge in [0.25, 0.3) is 0 Å². The summed E-state index contributed by atoms with van der Waals surface area (Å²) in [5.74, 6) is 0.974. The molecule has 1 N–H and O–H groups in total. The number of carbonyl (C=O) groups excluding carboxylic acids is 1. The molecule has 0 saturated carbocycles. The molecule has 2 aromatic carbocycles. The highest BCUT2D eigenvalue weighted by atomic mass is 79.9. The largest absolute Gasteiger partial charge is 0.491 e. The van der Waals surface area contributed by atoms with E-state index < -0.39 is 0 Å². The fourth-order valence-electron chi connectivity index (χ4n) is 2.63. The number of rotatable bonds is 6. The number of hydrogen-bond acceptors (Lipinski definition) is 3. The van der Waals surface area contributed by atoms with Gasteiger partial charge in [-0.3, -0.25) is 4.79 Å². The minimum atomic E-state index is 0.206. The van der Waals surface area contributed by atoms with Crippen molar-refractivity contribution in [2.45, 2.75) is 12.8 Å². The van der Waals surface area contributed by atoms with Crippen LogP contribution >= 0.6 is 27.5 Å². The summed E-state index contributed by atoms with van der Waals surface area (Å²) >= 11 is 9.33. The topological polar surface area (TPSA) is 41.6 Å². The average Bonchev–Trinajstić information content (AvgIpc) is 3.00. The summed E-state index contributed by atoms with van der Waals surface area (Å²) in [6.45, 7) is 2.03. The second-order valence-electron chi connectivity index (χ2n) is 5.55. The smallest absolute Gasteiger partial charge is 0.227 e. The van der Waals surface area contributed by atoms with Crippen LogP contribution in [0.2, 0.25) is 5.02 Å². The van der Waals surface area contributed by atoms with Gasteiger partial charge in [0, 0.05) is 35.9 Å². The van der Waals surface area contributed by atoms with Gasteiger partial charge in [0.2, 0.25) is 5.91 Å². The predicted molar refractivity (Wildman–Crippen MR) is 101 cm³/mol. The van der Waals surface area contributed by atoms with Gasteiger partial charge in [0.15, 0.2) is 0 Å². The van der Waals surface area contributed by atoms with E-state index in [1.165, 1.54) is 0 Å². The van der Waals surface area contributed by atoms with E-state index in [1.807, 2.05) is 41.3 Å². The normalized spacial score (nSPS) is 14.1. The molecular formula is C18H18BrClN2O2. The molecule has 1 heterocycles. The average molecular weight is 410 g/mol. The fourth-order valence-corrected chi connectivity index (χ4v) is 3.43. The highest BCUT2D eigenvalue weighted by molar-refractivity contribution is 9.10. The number of benzene rings is 2. The van der Waals surface area contributed by atoms with Crippen molar-refractivity contribution in [3.63, 3.8) is 0 Å². The lowest BCUT2D eigenvalue weighted by Gasteiger charge is -2.16. The molecule has 3 rings (SSSR count). The Balaban J connectivity index is 1.47. The number of carbonyl (C=O) groups is 1. The molecule has 6 heteroatoms. The molecule has 0 spiro atoms. The zero-order valence-corrected chi connectivity index (χ0v) is 15.4. The number of hydrogen-bond donors (Lipinski definition) is 1. The summed E-state index contributed by atoms with van der Waals surface area (Å²) in [5.41, 5.74) is 1.97. The van der Waals surface area contributed by atoms with Gasteiger partial charge in [0.1, 0.15) is 12.4 Å². The molecule has 0 atom stereocenters. The first-order valence-corrected chi connectivity index (χ1v) is 9.03. The van der Waals surface area contributed by atoms with Crippen molar-refractivity contribution in [3.05, 3.63) is 52.0 Å². The van der Waals surface area contributed by atoms with Crippen LogP contribution in [0.1, 0.15) is 12.8 Å². The number of amides is 1. The van der Waals surface area contributed by atoms with Crippen LogP contribution < -0.4 is 15.0 Å². The van der Waals surface area contributed by atoms with E-state index in [2.05, 4.69) is 21.2 Å². The van der Waals surface area contributed by atoms with E-state index in [1.54, 1.807) is 6.07 Å². The first-order chi connectivity index (χ1) is 11.6. The number of ether oxygens (including phenoxy) is 1. The Morgan fingerprint density at radius 1 is 1.21 bits per heavy atom. The lowest BCUT2D eigenvalue weighted by Crippen LogP contribution is -2.23. The minimum Gasteiger partial charge on any atom is -0.491 e. The second-order valence-corrected chi connectivity index (χ2v) is 6.84. The van der Waals surface area contributed by atoms with Gasteiger partial charge in [0.05, 0.1) is 4.47 Å². The van der Waals surface area contributed by atoms with Crippen LogP contribution in [0.5, 0.6) is 5.75 Å². The molecule has 0 aliphatic carbocycles. The molecule has 1 fully saturated rings. The van der Waals surface area contributed by atoms with Gasteiger partial charge in [-0.05, 0) is 64.8 Å². The zero-order valence-electron chi connectivity index (χ0n) is 13.1. The van der Waals surface area contributed by atoms with Crippen molar-refractivity contribution in [3.8, 4) is 5.75 Å². The molecule has 4 nitrogen and oxygen atoms in total. The molecule has 0 unspecified atom stereocenters. The van der Waals surface area contributed by atoms with Crippen LogP contribution in [0.25, 0.3) is 0 Å². The molecular weight excluding hydrogens is 392 g/mol. The maximum atomic E-state index is 11.7. The first-order valence-electron chi connectivity index (χ1n) is 7.85. The molecule has 0 bridgehead atoms. The highest BCUT2D eigenvalue weighted by Gasteiger charge is 2.21. The number of nitrogens with one attached hydrogen (secondary N) is 1. The third-order valence-electron chi connectivity index (χ3n) is 3.84. The number of halogens is 2. The Bertz CT molecular complexity index is 721. The maximum absolute atomic E-state index is 11.7. The van der Waals surface area contributed by atoms with Crippen LogP contribution in [-0.2, 0) is 4.79 Å². The molecule has 0 aromatic heterocycles. The Hall–Kier alpha value is -1.72. The van der Waals surface area contributed by atoms with E-state index in [4.69, 9.17) is 16.3 Å². The zero-order chi connectivity index (χ0) is 16.9. The Labute approximate surface area is 154 Å². The summed E-state index contributed by atoms with van der Waals surface area (Å²) in [4.78, 5) is 13.6. The van der Waals surface area contributed by atoms with Crippen molar-refractivity contribution in [2.75, 3.05) is 29.9 Å². The second kappa shape index (κ2) is 7.90. The molecule has 1 saturated heterocycles. The Morgan fingerprint density at radius 3 is 2.67 bits per heavy atom. The van der Waals surface area contributed by atoms with E-state index in [-0.39, 0.29) is 5.91 Å². The quantitative estimate of drug-likeness (QED) is 0.702. The van der Waals surface area contributed by atoms with Gasteiger partial charge >= 0.3 is 0 Å². The maximum Gasteiger partial charge on any atom is 0.227 e. The third-order valence-corrected chi connectivity index (χ3v) is 4.69. The minimum absolute atomic E-state index is 0.206. The van der Waals surface area contributed by atoms with Gasteiger partial charge < -0.3 is 15.0 Å². The predicted octanol–water partition coefficient (Wildman–Crippen LogP) is 4.72. The molecule has 24 heavy (non-hydrogen) atoms. The Morgan fingerprint density at radius 2 is 2.00 bits per heavy atom. The summed E-state index contributed by atoms with van der Waals surface area (Å²) < 4.78 is 6.55. The van der Waals surface area contributed by atoms with Gasteiger partial charge in [-0.2, -0.15) is 0 Å². The van der Waals surface area contributed by atoms with E-state index >= 15 is 0 Å². The first kappa shape index (κ1) is 17.1. The van der Waals surface area contributed by atoms with E-state index in [0.717, 1.165) is 34.6 Å². The molecule has 1 aliphatic rings. The summed E-state index contributed by atoms with van der Waals surface area (Å²) in [5, 5.41) is 3.98. The van der Waals surface area contributed by atoms with Crippen molar-refractivity contribution in [2.24, 2.45) is 0 Å². The lowest BCUT2D eigenvalue weighted by molar-refractivity contribution is -0.117. The number of anilines is 2. The lowest BCUT2D eigenvalue weighted by atomic mass is 10.2. The molecule has 0 radical (unpaired) electrons. The van der Waals surface area contributed by atoms with Gasteiger partial charge in [-0.15, -0.1) is 0 Å². The van der Waals surface area contributed by atoms with Crippen LogP contribution in [0.4, 0.5) is 11.4 Å². The van der Waals surface area contributed by atoms with Crippen molar-refractivity contribution >= 4 is 44.8 Å². The summed E-state index contributed by atoms with van der Waals surface area (Å²) in [7, 11) is 0. The third kappa shape index (κ3) is 4.22. The van der Waals surface area contributed by atoms with Crippen molar-refractivity contribution in [1.82, 2.24) is 0 Å². The van der Waals surface area contributed by atoms with Crippen LogP contribution in [0.3, 0.4) is 0 Å². The monoisotopic (exact) mass is 408 g/mol. The van der Waals surface area contributed by atoms with Gasteiger partial charge in [-0.1, -0.05) is 11.6 Å². The standard InChI is InChI=1S/C18H18BrClN2O2/c19-16-12-13(20)3-8-17(16)24-11-9-21-14-4-6-15(7-5-14)22-10-1-2-18(22)23/h3-8,12,21H,1-2,9-11H2. The fraction of sp³-hybridized carbons (Fsp3) is 0.278. The summed E-state index contributed by atoms with van der Waals surface area (Å²) in [6, 6.07) is 13.4. The van der Waals surface area contributed by atoms with Crippen LogP contribution in [0, 0.1) is 0 Å². The van der Waals surface area contributed by atoms with Crippen LogP contribution in [0.15, 0.2) is 46.9 Å². The molecule has 126 valence electrons. The van der Waals surface area contributed by atoms with Crippen LogP contribution in [-0.4, -0.2) is 25.6 Å². The van der Waals surface area contributed by atoms with Gasteiger partial charge in [-0.25, -0.2) is 0 Å². The molecule has 2 aromatic rings. The summed E-state index contributed by atoms with van der Waals surface area (Å²) in [6.07, 6.45) is 1.59. The SMILES string of the molecule is O=C1CCCN1c1ccc(NCCOc2ccc(Cl)cc2Br)cc1. The van der Waals surface area contributed by atoms with Crippen molar-refractivity contribution < 1.29 is 9.53 Å². The van der Waals surface area contributed by atoms with E-state index in [0.29, 0.717) is 24.6 Å². The molecule has 1 aliphatic heterocycles. The van der Waals surface area contributed by atoms with E-state index in [9.17, 15) is 4.79 Å². The number of nitrogens with zero attached hydrogens (tertiary/aromatic N) is 1.